The number of nitrogens with one attached hydrogen (secondary N) is 1. The Balaban J connectivity index is 2.02. The number of nitrogens with zero attached hydrogens (tertiary/aromatic N) is 1. The molecule has 0 saturated carbocycles. The quantitative estimate of drug-likeness (QED) is 0.762. The molecule has 2 aromatic heterocycles. The van der Waals surface area contributed by atoms with Crippen LogP contribution in [0.15, 0.2) is 51.5 Å². The minimum Gasteiger partial charge on any atom is -0.453 e. The summed E-state index contributed by atoms with van der Waals surface area (Å²) < 4.78 is 6.84. The molecular weight excluding hydrogens is 292 g/mol. The molecular formula is C14H11BrN2O. The highest BCUT2D eigenvalue weighted by molar-refractivity contribution is 9.10. The van der Waals surface area contributed by atoms with Crippen LogP contribution in [-0.4, -0.2) is 9.97 Å². The third kappa shape index (κ3) is 1.99. The number of halogens is 1. The van der Waals surface area contributed by atoms with E-state index in [-0.39, 0.29) is 0 Å². The predicted octanol–water partition coefficient (Wildman–Crippen LogP) is 4.41. The van der Waals surface area contributed by atoms with E-state index in [1.807, 2.05) is 43.3 Å². The van der Waals surface area contributed by atoms with Crippen molar-refractivity contribution < 1.29 is 4.42 Å². The molecule has 3 nitrogen and oxygen atoms in total. The maximum absolute atomic E-state index is 5.83. The first-order valence-corrected chi connectivity index (χ1v) is 6.40. The Kier molecular flexibility index (Phi) is 2.80. The summed E-state index contributed by atoms with van der Waals surface area (Å²) in [5, 5.41) is 0. The van der Waals surface area contributed by atoms with Gasteiger partial charge in [-0.25, -0.2) is 4.98 Å². The summed E-state index contributed by atoms with van der Waals surface area (Å²) in [5.74, 6) is 2.33. The number of rotatable bonds is 2. The summed E-state index contributed by atoms with van der Waals surface area (Å²) in [6.45, 7) is 1.97. The maximum atomic E-state index is 5.83. The molecule has 1 N–H and O–H groups in total. The first kappa shape index (κ1) is 11.3. The van der Waals surface area contributed by atoms with Crippen molar-refractivity contribution in [3.63, 3.8) is 0 Å². The standard InChI is InChI=1S/C14H11BrN2O/c1-9-8-16-14(17-9)13-7-6-12(18-13)10-4-2-3-5-11(10)15/h2-8H,1H3,(H,16,17). The van der Waals surface area contributed by atoms with Crippen LogP contribution >= 0.6 is 15.9 Å². The lowest BCUT2D eigenvalue weighted by molar-refractivity contribution is 0.592. The number of hydrogen-bond acceptors (Lipinski definition) is 2. The first-order chi connectivity index (χ1) is 8.74. The zero-order valence-electron chi connectivity index (χ0n) is 9.77. The molecule has 3 aromatic rings. The first-order valence-electron chi connectivity index (χ1n) is 5.61. The number of imidazole rings is 1. The van der Waals surface area contributed by atoms with E-state index < -0.39 is 0 Å². The number of aromatic amines is 1. The number of H-pyrrole nitrogens is 1. The maximum Gasteiger partial charge on any atom is 0.173 e. The zero-order chi connectivity index (χ0) is 12.5. The Bertz CT molecular complexity index is 684. The van der Waals surface area contributed by atoms with Crippen LogP contribution in [0, 0.1) is 6.92 Å². The highest BCUT2D eigenvalue weighted by Gasteiger charge is 2.10. The monoisotopic (exact) mass is 302 g/mol. The van der Waals surface area contributed by atoms with Crippen molar-refractivity contribution in [2.24, 2.45) is 0 Å². The van der Waals surface area contributed by atoms with Gasteiger partial charge in [0.25, 0.3) is 0 Å². The molecule has 0 atom stereocenters. The largest absolute Gasteiger partial charge is 0.453 e. The van der Waals surface area contributed by atoms with Crippen molar-refractivity contribution >= 4 is 15.9 Å². The molecule has 0 radical (unpaired) electrons. The number of aryl methyl sites for hydroxylation is 1. The van der Waals surface area contributed by atoms with Crippen LogP contribution in [0.2, 0.25) is 0 Å². The summed E-state index contributed by atoms with van der Waals surface area (Å²) in [5.41, 5.74) is 2.05. The third-order valence-electron chi connectivity index (χ3n) is 2.68. The Morgan fingerprint density at radius 3 is 2.61 bits per heavy atom. The van der Waals surface area contributed by atoms with Crippen LogP contribution in [0.3, 0.4) is 0 Å². The Morgan fingerprint density at radius 1 is 1.11 bits per heavy atom. The smallest absolute Gasteiger partial charge is 0.173 e. The molecule has 3 rings (SSSR count). The number of benzene rings is 1. The topological polar surface area (TPSA) is 41.8 Å². The van der Waals surface area contributed by atoms with Gasteiger partial charge < -0.3 is 9.40 Å². The van der Waals surface area contributed by atoms with Crippen molar-refractivity contribution in [3.8, 4) is 22.9 Å². The van der Waals surface area contributed by atoms with Crippen molar-refractivity contribution in [1.82, 2.24) is 9.97 Å². The average Bonchev–Trinajstić information content (AvgIpc) is 2.98. The van der Waals surface area contributed by atoms with Gasteiger partial charge in [0.15, 0.2) is 11.6 Å². The average molecular weight is 303 g/mol. The second kappa shape index (κ2) is 4.46. The fraction of sp³-hybridized carbons (Fsp3) is 0.0714. The summed E-state index contributed by atoms with van der Waals surface area (Å²) in [7, 11) is 0. The van der Waals surface area contributed by atoms with Crippen molar-refractivity contribution in [2.75, 3.05) is 0 Å². The summed E-state index contributed by atoms with van der Waals surface area (Å²) in [4.78, 5) is 7.41. The van der Waals surface area contributed by atoms with Gasteiger partial charge in [-0.2, -0.15) is 0 Å². The minimum atomic E-state index is 0.744. The van der Waals surface area contributed by atoms with E-state index in [1.165, 1.54) is 0 Å². The molecule has 0 amide bonds. The SMILES string of the molecule is Cc1cnc(-c2ccc(-c3ccccc3Br)o2)[nH]1. The van der Waals surface area contributed by atoms with Gasteiger partial charge in [-0.15, -0.1) is 0 Å². The molecule has 0 aliphatic heterocycles. The fourth-order valence-electron chi connectivity index (χ4n) is 1.81. The van der Waals surface area contributed by atoms with Crippen LogP contribution in [0.5, 0.6) is 0 Å². The third-order valence-corrected chi connectivity index (χ3v) is 3.37. The number of aromatic nitrogens is 2. The van der Waals surface area contributed by atoms with E-state index >= 15 is 0 Å². The van der Waals surface area contributed by atoms with Crippen LogP contribution in [0.1, 0.15) is 5.69 Å². The van der Waals surface area contributed by atoms with E-state index in [4.69, 9.17) is 4.42 Å². The molecule has 4 heteroatoms. The molecule has 0 saturated heterocycles. The van der Waals surface area contributed by atoms with Gasteiger partial charge >= 0.3 is 0 Å². The number of hydrogen-bond donors (Lipinski definition) is 1. The van der Waals surface area contributed by atoms with Crippen LogP contribution in [0.25, 0.3) is 22.9 Å². The molecule has 90 valence electrons. The lowest BCUT2D eigenvalue weighted by Crippen LogP contribution is -1.77. The van der Waals surface area contributed by atoms with E-state index in [9.17, 15) is 0 Å². The zero-order valence-corrected chi connectivity index (χ0v) is 11.4. The van der Waals surface area contributed by atoms with Gasteiger partial charge in [0.1, 0.15) is 5.76 Å². The van der Waals surface area contributed by atoms with Gasteiger partial charge in [0, 0.05) is 21.9 Å². The molecule has 0 fully saturated rings. The highest BCUT2D eigenvalue weighted by Crippen LogP contribution is 2.31. The molecule has 1 aromatic carbocycles. The summed E-state index contributed by atoms with van der Waals surface area (Å²) >= 11 is 3.52. The molecule has 0 aliphatic carbocycles. The minimum absolute atomic E-state index is 0.744. The molecule has 0 spiro atoms. The molecule has 2 heterocycles. The van der Waals surface area contributed by atoms with E-state index in [0.29, 0.717) is 0 Å². The van der Waals surface area contributed by atoms with Gasteiger partial charge in [-0.3, -0.25) is 0 Å². The normalized spacial score (nSPS) is 10.8. The number of furan rings is 1. The molecule has 0 bridgehead atoms. The summed E-state index contributed by atoms with van der Waals surface area (Å²) in [6, 6.07) is 11.8. The predicted molar refractivity (Wildman–Crippen MR) is 74.2 cm³/mol. The second-order valence-electron chi connectivity index (χ2n) is 4.06. The Morgan fingerprint density at radius 2 is 1.89 bits per heavy atom. The van der Waals surface area contributed by atoms with Crippen molar-refractivity contribution in [3.05, 3.63) is 52.8 Å². The van der Waals surface area contributed by atoms with Gasteiger partial charge in [-0.05, 0) is 25.1 Å². The second-order valence-corrected chi connectivity index (χ2v) is 4.91. The Labute approximate surface area is 113 Å². The summed E-state index contributed by atoms with van der Waals surface area (Å²) in [6.07, 6.45) is 1.79. The van der Waals surface area contributed by atoms with Crippen LogP contribution in [-0.2, 0) is 0 Å². The van der Waals surface area contributed by atoms with E-state index in [1.54, 1.807) is 6.20 Å². The van der Waals surface area contributed by atoms with Gasteiger partial charge in [0.2, 0.25) is 0 Å². The van der Waals surface area contributed by atoms with Crippen molar-refractivity contribution in [2.45, 2.75) is 6.92 Å². The van der Waals surface area contributed by atoms with E-state index in [2.05, 4.69) is 25.9 Å². The lowest BCUT2D eigenvalue weighted by atomic mass is 10.2. The molecule has 18 heavy (non-hydrogen) atoms. The molecule has 0 unspecified atom stereocenters. The highest BCUT2D eigenvalue weighted by atomic mass is 79.9. The van der Waals surface area contributed by atoms with Gasteiger partial charge in [-0.1, -0.05) is 34.1 Å². The van der Waals surface area contributed by atoms with Gasteiger partial charge in [0.05, 0.1) is 0 Å². The lowest BCUT2D eigenvalue weighted by Gasteiger charge is -1.99. The molecule has 0 aliphatic rings. The fourth-order valence-corrected chi connectivity index (χ4v) is 2.29. The Hall–Kier alpha value is -1.81. The van der Waals surface area contributed by atoms with Crippen LogP contribution in [0.4, 0.5) is 0 Å². The van der Waals surface area contributed by atoms with Crippen LogP contribution < -0.4 is 0 Å². The van der Waals surface area contributed by atoms with Crippen molar-refractivity contribution in [1.29, 1.82) is 0 Å². The van der Waals surface area contributed by atoms with E-state index in [0.717, 1.165) is 33.1 Å².